The molecule has 4 N–H and O–H groups in total. The van der Waals surface area contributed by atoms with E-state index < -0.39 is 22.3 Å². The molecule has 1 aromatic rings. The molecule has 11 atom stereocenters. The lowest BCUT2D eigenvalue weighted by atomic mass is 9.43. The molecule has 8 nitrogen and oxygen atoms in total. The maximum atomic E-state index is 13.1. The molecule has 1 amide bonds. The van der Waals surface area contributed by atoms with Crippen molar-refractivity contribution in [3.8, 4) is 0 Å². The summed E-state index contributed by atoms with van der Waals surface area (Å²) in [5.41, 5.74) is 0.124. The van der Waals surface area contributed by atoms with Crippen LogP contribution in [0.2, 0.25) is 0 Å². The van der Waals surface area contributed by atoms with Crippen molar-refractivity contribution in [3.63, 3.8) is 0 Å². The van der Waals surface area contributed by atoms with Gasteiger partial charge in [0.25, 0.3) is 10.1 Å². The van der Waals surface area contributed by atoms with Crippen molar-refractivity contribution in [3.05, 3.63) is 24.3 Å². The highest BCUT2D eigenvalue weighted by Gasteiger charge is 2.65. The zero-order valence-corrected chi connectivity index (χ0v) is 25.1. The second-order valence-corrected chi connectivity index (χ2v) is 15.4. The standard InChI is InChI=1S/C31H47NO7S/c1-18(8-11-28(36)32(4)20-6-5-7-22(16-20)40(37,38)39)23-9-10-24-29-25(17-27(35)31(23,24)3)30(2)13-12-21(33)14-19(30)15-26(29)34/h5-7,16,18-19,21,23-27,29,33-35H,8-15,17H2,1-4H3,(H,37,38,39)/t18?,19?,21-,23-,24?,25?,26-,27+,29?,30+,31-/m1/s1. The number of hydrogen-bond donors (Lipinski definition) is 4. The van der Waals surface area contributed by atoms with Crippen molar-refractivity contribution in [2.75, 3.05) is 11.9 Å². The Bertz CT molecular complexity index is 1220. The molecule has 40 heavy (non-hydrogen) atoms. The average molecular weight is 578 g/mol. The van der Waals surface area contributed by atoms with Gasteiger partial charge in [-0.3, -0.25) is 9.35 Å². The predicted molar refractivity (Wildman–Crippen MR) is 152 cm³/mol. The molecule has 0 radical (unpaired) electrons. The fourth-order valence-corrected chi connectivity index (χ4v) is 10.4. The van der Waals surface area contributed by atoms with Crippen LogP contribution in [-0.4, -0.2) is 59.6 Å². The molecule has 224 valence electrons. The van der Waals surface area contributed by atoms with Crippen molar-refractivity contribution >= 4 is 21.7 Å². The van der Waals surface area contributed by atoms with Crippen molar-refractivity contribution in [1.29, 1.82) is 0 Å². The number of amides is 1. The van der Waals surface area contributed by atoms with E-state index in [4.69, 9.17) is 0 Å². The van der Waals surface area contributed by atoms with Gasteiger partial charge < -0.3 is 20.2 Å². The van der Waals surface area contributed by atoms with Crippen LogP contribution in [0.4, 0.5) is 5.69 Å². The molecule has 5 unspecified atom stereocenters. The van der Waals surface area contributed by atoms with E-state index in [9.17, 15) is 33.1 Å². The second-order valence-electron chi connectivity index (χ2n) is 14.0. The number of carbonyl (C=O) groups is 1. The fraction of sp³-hybridized carbons (Fsp3) is 0.774. The summed E-state index contributed by atoms with van der Waals surface area (Å²) in [6, 6.07) is 5.72. The normalized spacial score (nSPS) is 41.9. The topological polar surface area (TPSA) is 135 Å². The molecule has 9 heteroatoms. The molecule has 0 heterocycles. The summed E-state index contributed by atoms with van der Waals surface area (Å²) in [6.07, 6.45) is 5.63. The molecule has 4 aliphatic rings. The van der Waals surface area contributed by atoms with E-state index in [0.29, 0.717) is 24.4 Å². The van der Waals surface area contributed by atoms with Crippen LogP contribution in [0.1, 0.15) is 78.6 Å². The molecule has 4 fully saturated rings. The molecule has 0 aromatic heterocycles. The highest BCUT2D eigenvalue weighted by atomic mass is 32.2. The van der Waals surface area contributed by atoms with Crippen LogP contribution in [-0.2, 0) is 14.9 Å². The van der Waals surface area contributed by atoms with E-state index in [1.54, 1.807) is 13.1 Å². The smallest absolute Gasteiger partial charge is 0.294 e. The Morgan fingerprint density at radius 1 is 1.07 bits per heavy atom. The van der Waals surface area contributed by atoms with E-state index in [-0.39, 0.29) is 63.7 Å². The van der Waals surface area contributed by atoms with Gasteiger partial charge in [-0.05, 0) is 116 Å². The van der Waals surface area contributed by atoms with Crippen LogP contribution in [0.25, 0.3) is 0 Å². The van der Waals surface area contributed by atoms with Gasteiger partial charge in [-0.25, -0.2) is 0 Å². The summed E-state index contributed by atoms with van der Waals surface area (Å²) in [6.45, 7) is 6.72. The van der Waals surface area contributed by atoms with E-state index in [0.717, 1.165) is 38.5 Å². The first-order chi connectivity index (χ1) is 18.7. The summed E-state index contributed by atoms with van der Waals surface area (Å²) in [5.74, 6) is 1.23. The van der Waals surface area contributed by atoms with Gasteiger partial charge in [0.05, 0.1) is 23.2 Å². The lowest BCUT2D eigenvalue weighted by molar-refractivity contribution is -0.207. The Hall–Kier alpha value is -1.52. The minimum absolute atomic E-state index is 0.0405. The van der Waals surface area contributed by atoms with Crippen LogP contribution in [0, 0.1) is 46.3 Å². The monoisotopic (exact) mass is 577 g/mol. The van der Waals surface area contributed by atoms with Crippen LogP contribution >= 0.6 is 0 Å². The number of aliphatic hydroxyl groups is 3. The van der Waals surface area contributed by atoms with Gasteiger partial charge in [-0.15, -0.1) is 0 Å². The summed E-state index contributed by atoms with van der Waals surface area (Å²) in [5, 5.41) is 33.6. The average Bonchev–Trinajstić information content (AvgIpc) is 3.26. The highest BCUT2D eigenvalue weighted by molar-refractivity contribution is 7.85. The Morgan fingerprint density at radius 3 is 2.50 bits per heavy atom. The summed E-state index contributed by atoms with van der Waals surface area (Å²) < 4.78 is 32.4. The molecular formula is C31H47NO7S. The molecule has 5 rings (SSSR count). The quantitative estimate of drug-likeness (QED) is 0.371. The number of fused-ring (bicyclic) bond motifs is 5. The van der Waals surface area contributed by atoms with Gasteiger partial charge >= 0.3 is 0 Å². The SMILES string of the molecule is CC(CCC(=O)N(C)c1cccc(S(=O)(=O)O)c1)[C@H]1CCC2C3C(C[C@H](O)[C@@]21C)[C@@]1(C)CC[C@@H](O)CC1C[C@H]3O. The van der Waals surface area contributed by atoms with Crippen molar-refractivity contribution in [2.24, 2.45) is 46.3 Å². The van der Waals surface area contributed by atoms with Gasteiger partial charge in [0.1, 0.15) is 0 Å². The largest absolute Gasteiger partial charge is 0.393 e. The fourth-order valence-electron chi connectivity index (χ4n) is 9.85. The van der Waals surface area contributed by atoms with Crippen molar-refractivity contribution in [1.82, 2.24) is 0 Å². The van der Waals surface area contributed by atoms with E-state index in [2.05, 4.69) is 20.8 Å². The van der Waals surface area contributed by atoms with Gasteiger partial charge in [-0.1, -0.05) is 26.8 Å². The third kappa shape index (κ3) is 4.93. The zero-order chi connectivity index (χ0) is 29.2. The summed E-state index contributed by atoms with van der Waals surface area (Å²) >= 11 is 0. The number of aliphatic hydroxyl groups excluding tert-OH is 3. The maximum Gasteiger partial charge on any atom is 0.294 e. The van der Waals surface area contributed by atoms with Crippen LogP contribution in [0.15, 0.2) is 29.2 Å². The molecule has 1 aromatic carbocycles. The van der Waals surface area contributed by atoms with Gasteiger partial charge in [0, 0.05) is 19.2 Å². The van der Waals surface area contributed by atoms with Gasteiger partial charge in [-0.2, -0.15) is 8.42 Å². The van der Waals surface area contributed by atoms with Crippen molar-refractivity contribution < 1.29 is 33.1 Å². The summed E-state index contributed by atoms with van der Waals surface area (Å²) in [4.78, 5) is 14.3. The first-order valence-corrected chi connectivity index (χ1v) is 16.5. The number of hydrogen-bond acceptors (Lipinski definition) is 6. The Morgan fingerprint density at radius 2 is 1.80 bits per heavy atom. The van der Waals surface area contributed by atoms with E-state index in [1.165, 1.54) is 23.1 Å². The minimum atomic E-state index is -4.36. The van der Waals surface area contributed by atoms with Gasteiger partial charge in [0.15, 0.2) is 0 Å². The lowest BCUT2D eigenvalue weighted by Gasteiger charge is -2.63. The van der Waals surface area contributed by atoms with E-state index in [1.807, 2.05) is 0 Å². The highest BCUT2D eigenvalue weighted by Crippen LogP contribution is 2.68. The third-order valence-corrected chi connectivity index (χ3v) is 13.1. The first-order valence-electron chi connectivity index (χ1n) is 15.1. The molecular weight excluding hydrogens is 530 g/mol. The minimum Gasteiger partial charge on any atom is -0.393 e. The Labute approximate surface area is 238 Å². The maximum absolute atomic E-state index is 13.1. The lowest BCUT2D eigenvalue weighted by Crippen LogP contribution is -2.62. The van der Waals surface area contributed by atoms with Crippen LogP contribution in [0.5, 0.6) is 0 Å². The molecule has 0 aliphatic heterocycles. The van der Waals surface area contributed by atoms with Gasteiger partial charge in [0.2, 0.25) is 5.91 Å². The Balaban J connectivity index is 1.28. The predicted octanol–water partition coefficient (Wildman–Crippen LogP) is 4.27. The summed E-state index contributed by atoms with van der Waals surface area (Å²) in [7, 11) is -2.75. The first kappa shape index (κ1) is 30.0. The molecule has 0 saturated heterocycles. The Kier molecular flexibility index (Phi) is 7.97. The van der Waals surface area contributed by atoms with E-state index >= 15 is 0 Å². The molecule has 0 spiro atoms. The zero-order valence-electron chi connectivity index (χ0n) is 24.2. The molecule has 0 bridgehead atoms. The number of benzene rings is 1. The number of anilines is 1. The third-order valence-electron chi connectivity index (χ3n) is 12.2. The molecule has 4 saturated carbocycles. The van der Waals surface area contributed by atoms with Crippen LogP contribution < -0.4 is 4.90 Å². The van der Waals surface area contributed by atoms with Crippen molar-refractivity contribution in [2.45, 2.75) is 102 Å². The number of nitrogens with zero attached hydrogens (tertiary/aromatic N) is 1. The second kappa shape index (κ2) is 10.6. The van der Waals surface area contributed by atoms with Crippen LogP contribution in [0.3, 0.4) is 0 Å². The molecule has 4 aliphatic carbocycles. The number of carbonyl (C=O) groups excluding carboxylic acids is 1. The number of rotatable bonds is 6.